The molecule has 0 aliphatic carbocycles. The maximum atomic E-state index is 13.2. The van der Waals surface area contributed by atoms with Gasteiger partial charge in [-0.3, -0.25) is 9.69 Å². The van der Waals surface area contributed by atoms with Gasteiger partial charge in [-0.25, -0.2) is 4.99 Å². The van der Waals surface area contributed by atoms with Crippen molar-refractivity contribution in [2.45, 2.75) is 11.7 Å². The molecular formula is C23H18F3N3O. The number of halogens is 3. The largest absolute Gasteiger partial charge is 0.416 e. The van der Waals surface area contributed by atoms with Crippen molar-refractivity contribution in [3.63, 3.8) is 0 Å². The fourth-order valence-electron chi connectivity index (χ4n) is 3.64. The van der Waals surface area contributed by atoms with Crippen molar-refractivity contribution in [1.82, 2.24) is 4.90 Å². The molecule has 3 aromatic carbocycles. The second kappa shape index (κ2) is 7.02. The van der Waals surface area contributed by atoms with Crippen molar-refractivity contribution in [2.75, 3.05) is 7.05 Å². The number of hydrogen-bond acceptors (Lipinski definition) is 3. The summed E-state index contributed by atoms with van der Waals surface area (Å²) in [6, 6.07) is 21.1. The van der Waals surface area contributed by atoms with Crippen LogP contribution in [0.4, 0.5) is 13.2 Å². The van der Waals surface area contributed by atoms with Crippen molar-refractivity contribution in [3.05, 3.63) is 95.6 Å². The van der Waals surface area contributed by atoms with Crippen LogP contribution in [0.5, 0.6) is 0 Å². The normalized spacial score (nSPS) is 19.1. The first kappa shape index (κ1) is 19.7. The van der Waals surface area contributed by atoms with Crippen LogP contribution in [-0.4, -0.2) is 23.8 Å². The first-order valence-corrected chi connectivity index (χ1v) is 9.20. The maximum absolute atomic E-state index is 13.2. The van der Waals surface area contributed by atoms with Crippen LogP contribution in [0.3, 0.4) is 0 Å². The van der Waals surface area contributed by atoms with Gasteiger partial charge in [0.15, 0.2) is 11.5 Å². The van der Waals surface area contributed by atoms with Gasteiger partial charge in [0.25, 0.3) is 5.91 Å². The molecular weight excluding hydrogens is 391 g/mol. The third-order valence-corrected chi connectivity index (χ3v) is 5.26. The van der Waals surface area contributed by atoms with E-state index in [1.807, 2.05) is 18.2 Å². The maximum Gasteiger partial charge on any atom is 0.416 e. The Morgan fingerprint density at radius 1 is 0.867 bits per heavy atom. The Kier molecular flexibility index (Phi) is 4.61. The molecule has 4 rings (SSSR count). The molecule has 1 aliphatic rings. The highest BCUT2D eigenvalue weighted by atomic mass is 19.4. The lowest BCUT2D eigenvalue weighted by Gasteiger charge is -2.26. The van der Waals surface area contributed by atoms with Crippen molar-refractivity contribution in [2.24, 2.45) is 10.7 Å². The number of carbonyl (C=O) groups is 1. The summed E-state index contributed by atoms with van der Waals surface area (Å²) in [5.74, 6) is -0.195. The molecule has 1 heterocycles. The van der Waals surface area contributed by atoms with E-state index in [9.17, 15) is 18.0 Å². The number of alkyl halides is 3. The van der Waals surface area contributed by atoms with Crippen LogP contribution in [-0.2, 0) is 16.5 Å². The number of hydrogen-bond donors (Lipinski definition) is 1. The van der Waals surface area contributed by atoms with E-state index in [-0.39, 0.29) is 11.9 Å². The van der Waals surface area contributed by atoms with Crippen molar-refractivity contribution < 1.29 is 18.0 Å². The standard InChI is InChI=1S/C23H18F3N3O/c1-29-20(30)22(28-21(29)27,17-7-3-2-4-8-17)19-9-5-6-16(14-19)15-10-12-18(13-11-15)23(24,25)26/h2-14H,1H3,(H2,27,28). The number of likely N-dealkylation sites (N-methyl/N-ethyl adjacent to an activating group) is 1. The van der Waals surface area contributed by atoms with Gasteiger partial charge in [-0.05, 0) is 40.5 Å². The first-order chi connectivity index (χ1) is 14.2. The van der Waals surface area contributed by atoms with E-state index in [2.05, 4.69) is 4.99 Å². The number of carbonyl (C=O) groups excluding carboxylic acids is 1. The molecule has 0 bridgehead atoms. The zero-order valence-electron chi connectivity index (χ0n) is 16.0. The molecule has 1 aliphatic heterocycles. The number of amides is 1. The lowest BCUT2D eigenvalue weighted by molar-refractivity contribution is -0.137. The number of nitrogens with two attached hydrogens (primary N) is 1. The van der Waals surface area contributed by atoms with Gasteiger partial charge in [-0.2, -0.15) is 13.2 Å². The average molecular weight is 409 g/mol. The molecule has 3 aromatic rings. The summed E-state index contributed by atoms with van der Waals surface area (Å²) < 4.78 is 38.6. The van der Waals surface area contributed by atoms with E-state index in [4.69, 9.17) is 5.73 Å². The van der Waals surface area contributed by atoms with Crippen molar-refractivity contribution in [1.29, 1.82) is 0 Å². The number of benzene rings is 3. The second-order valence-corrected chi connectivity index (χ2v) is 7.07. The van der Waals surface area contributed by atoms with Gasteiger partial charge in [0.1, 0.15) is 0 Å². The Morgan fingerprint density at radius 3 is 2.07 bits per heavy atom. The van der Waals surface area contributed by atoms with E-state index < -0.39 is 17.3 Å². The molecule has 1 atom stereocenters. The minimum atomic E-state index is -4.40. The Bertz CT molecular complexity index is 1120. The number of nitrogens with zero attached hydrogens (tertiary/aromatic N) is 2. The summed E-state index contributed by atoms with van der Waals surface area (Å²) >= 11 is 0. The Balaban J connectivity index is 1.84. The Labute approximate surface area is 171 Å². The van der Waals surface area contributed by atoms with E-state index in [0.717, 1.165) is 12.1 Å². The highest BCUT2D eigenvalue weighted by Crippen LogP contribution is 2.40. The molecule has 0 saturated heterocycles. The number of rotatable bonds is 3. The zero-order valence-corrected chi connectivity index (χ0v) is 16.0. The van der Waals surface area contributed by atoms with E-state index in [0.29, 0.717) is 22.3 Å². The van der Waals surface area contributed by atoms with Gasteiger partial charge in [0.05, 0.1) is 5.56 Å². The summed E-state index contributed by atoms with van der Waals surface area (Å²) in [6.45, 7) is 0. The summed E-state index contributed by atoms with van der Waals surface area (Å²) in [6.07, 6.45) is -4.40. The van der Waals surface area contributed by atoms with Gasteiger partial charge in [-0.15, -0.1) is 0 Å². The van der Waals surface area contributed by atoms with Crippen LogP contribution in [0.1, 0.15) is 16.7 Å². The van der Waals surface area contributed by atoms with Crippen LogP contribution >= 0.6 is 0 Å². The predicted molar refractivity (Wildman–Crippen MR) is 108 cm³/mol. The minimum absolute atomic E-state index is 0.101. The van der Waals surface area contributed by atoms with Gasteiger partial charge in [0.2, 0.25) is 0 Å². The van der Waals surface area contributed by atoms with Crippen LogP contribution in [0.15, 0.2) is 83.9 Å². The molecule has 152 valence electrons. The minimum Gasteiger partial charge on any atom is -0.369 e. The monoisotopic (exact) mass is 409 g/mol. The fourth-order valence-corrected chi connectivity index (χ4v) is 3.64. The van der Waals surface area contributed by atoms with Crippen LogP contribution in [0.25, 0.3) is 11.1 Å². The molecule has 2 N–H and O–H groups in total. The quantitative estimate of drug-likeness (QED) is 0.697. The third kappa shape index (κ3) is 3.12. The molecule has 7 heteroatoms. The molecule has 0 fully saturated rings. The predicted octanol–water partition coefficient (Wildman–Crippen LogP) is 4.40. The van der Waals surface area contributed by atoms with Crippen LogP contribution < -0.4 is 5.73 Å². The highest BCUT2D eigenvalue weighted by Gasteiger charge is 2.49. The second-order valence-electron chi connectivity index (χ2n) is 7.07. The lowest BCUT2D eigenvalue weighted by atomic mass is 9.82. The fraction of sp³-hybridized carbons (Fsp3) is 0.130. The third-order valence-electron chi connectivity index (χ3n) is 5.26. The Morgan fingerprint density at radius 2 is 1.50 bits per heavy atom. The summed E-state index contributed by atoms with van der Waals surface area (Å²) in [5.41, 5.74) is 6.43. The SMILES string of the molecule is CN1C(=O)C(c2ccccc2)(c2cccc(-c3ccc(C(F)(F)F)cc3)c2)N=C1N. The van der Waals surface area contributed by atoms with Crippen molar-refractivity contribution in [3.8, 4) is 11.1 Å². The van der Waals surface area contributed by atoms with E-state index in [1.165, 1.54) is 17.0 Å². The molecule has 0 radical (unpaired) electrons. The van der Waals surface area contributed by atoms with Gasteiger partial charge >= 0.3 is 6.18 Å². The molecule has 4 nitrogen and oxygen atoms in total. The molecule has 0 aromatic heterocycles. The summed E-state index contributed by atoms with van der Waals surface area (Å²) in [7, 11) is 1.56. The van der Waals surface area contributed by atoms with Gasteiger partial charge in [-0.1, -0.05) is 60.7 Å². The molecule has 0 saturated carbocycles. The molecule has 1 unspecified atom stereocenters. The van der Waals surface area contributed by atoms with Gasteiger partial charge in [0, 0.05) is 7.05 Å². The smallest absolute Gasteiger partial charge is 0.369 e. The molecule has 1 amide bonds. The average Bonchev–Trinajstić information content (AvgIpc) is 2.99. The highest BCUT2D eigenvalue weighted by molar-refractivity contribution is 6.09. The number of guanidine groups is 1. The van der Waals surface area contributed by atoms with E-state index >= 15 is 0 Å². The lowest BCUT2D eigenvalue weighted by Crippen LogP contribution is -2.41. The zero-order chi connectivity index (χ0) is 21.5. The summed E-state index contributed by atoms with van der Waals surface area (Å²) in [4.78, 5) is 19.1. The number of aliphatic imine (C=N–C) groups is 1. The van der Waals surface area contributed by atoms with E-state index in [1.54, 1.807) is 43.4 Å². The summed E-state index contributed by atoms with van der Waals surface area (Å²) in [5, 5.41) is 0. The van der Waals surface area contributed by atoms with Crippen LogP contribution in [0.2, 0.25) is 0 Å². The van der Waals surface area contributed by atoms with Gasteiger partial charge < -0.3 is 5.73 Å². The first-order valence-electron chi connectivity index (χ1n) is 9.20. The molecule has 30 heavy (non-hydrogen) atoms. The van der Waals surface area contributed by atoms with Crippen LogP contribution in [0, 0.1) is 0 Å². The Hall–Kier alpha value is -3.61. The van der Waals surface area contributed by atoms with Crippen molar-refractivity contribution >= 4 is 11.9 Å². The molecule has 0 spiro atoms. The topological polar surface area (TPSA) is 58.7 Å².